The maximum atomic E-state index is 2.47. The van der Waals surface area contributed by atoms with Crippen molar-refractivity contribution in [3.8, 4) is 0 Å². The van der Waals surface area contributed by atoms with E-state index in [2.05, 4.69) is 56.1 Å². The van der Waals surface area contributed by atoms with Gasteiger partial charge in [0.25, 0.3) is 0 Å². The first kappa shape index (κ1) is 12.6. The Morgan fingerprint density at radius 1 is 1.18 bits per heavy atom. The normalized spacial score (nSPS) is 24.1. The lowest BCUT2D eigenvalue weighted by atomic mass is 9.69. The second-order valence-electron chi connectivity index (χ2n) is 6.02. The zero-order chi connectivity index (χ0) is 12.3. The van der Waals surface area contributed by atoms with E-state index in [1.807, 2.05) is 0 Å². The Labute approximate surface area is 106 Å². The standard InChI is InChI=1S/C16H25N/c1-13(2)16-9-15(10-16)12-17(3)11-14-7-5-4-6-8-14/h4-8,13,15-16H,9-12H2,1-3H3. The Morgan fingerprint density at radius 2 is 1.82 bits per heavy atom. The molecule has 0 bridgehead atoms. The molecule has 1 saturated carbocycles. The maximum absolute atomic E-state index is 2.47. The third kappa shape index (κ3) is 3.57. The van der Waals surface area contributed by atoms with E-state index in [0.29, 0.717) is 0 Å². The quantitative estimate of drug-likeness (QED) is 0.745. The minimum absolute atomic E-state index is 0.880. The van der Waals surface area contributed by atoms with E-state index in [1.165, 1.54) is 24.9 Å². The molecule has 1 aromatic rings. The topological polar surface area (TPSA) is 3.24 Å². The Morgan fingerprint density at radius 3 is 2.41 bits per heavy atom. The summed E-state index contributed by atoms with van der Waals surface area (Å²) in [6.07, 6.45) is 2.88. The molecule has 1 aromatic carbocycles. The van der Waals surface area contributed by atoms with E-state index in [1.54, 1.807) is 0 Å². The van der Waals surface area contributed by atoms with Crippen molar-refractivity contribution >= 4 is 0 Å². The van der Waals surface area contributed by atoms with Gasteiger partial charge in [0.1, 0.15) is 0 Å². The van der Waals surface area contributed by atoms with Crippen molar-refractivity contribution in [3.63, 3.8) is 0 Å². The highest BCUT2D eigenvalue weighted by Crippen LogP contribution is 2.38. The van der Waals surface area contributed by atoms with E-state index < -0.39 is 0 Å². The van der Waals surface area contributed by atoms with Gasteiger partial charge < -0.3 is 4.90 Å². The fourth-order valence-electron chi connectivity index (χ4n) is 2.88. The van der Waals surface area contributed by atoms with Gasteiger partial charge in [0.2, 0.25) is 0 Å². The number of hydrogen-bond acceptors (Lipinski definition) is 1. The summed E-state index contributed by atoms with van der Waals surface area (Å²) in [4.78, 5) is 2.47. The fourth-order valence-corrected chi connectivity index (χ4v) is 2.88. The van der Waals surface area contributed by atoms with Crippen LogP contribution in [0.25, 0.3) is 0 Å². The van der Waals surface area contributed by atoms with Crippen LogP contribution >= 0.6 is 0 Å². The van der Waals surface area contributed by atoms with Gasteiger partial charge in [-0.25, -0.2) is 0 Å². The highest BCUT2D eigenvalue weighted by Gasteiger charge is 2.31. The van der Waals surface area contributed by atoms with Crippen molar-refractivity contribution in [3.05, 3.63) is 35.9 Å². The van der Waals surface area contributed by atoms with E-state index in [-0.39, 0.29) is 0 Å². The van der Waals surface area contributed by atoms with E-state index >= 15 is 0 Å². The average Bonchev–Trinajstić information content (AvgIpc) is 2.23. The molecule has 1 fully saturated rings. The molecule has 0 aliphatic heterocycles. The SMILES string of the molecule is CC(C)C1CC(CN(C)Cc2ccccc2)C1. The minimum atomic E-state index is 0.880. The zero-order valence-corrected chi connectivity index (χ0v) is 11.4. The fraction of sp³-hybridized carbons (Fsp3) is 0.625. The molecule has 17 heavy (non-hydrogen) atoms. The first-order valence-corrected chi connectivity index (χ1v) is 6.87. The molecule has 0 spiro atoms. The summed E-state index contributed by atoms with van der Waals surface area (Å²) in [6.45, 7) is 7.06. The molecule has 0 saturated heterocycles. The number of rotatable bonds is 5. The van der Waals surface area contributed by atoms with Gasteiger partial charge in [0.05, 0.1) is 0 Å². The van der Waals surface area contributed by atoms with E-state index in [0.717, 1.165) is 24.3 Å². The van der Waals surface area contributed by atoms with Crippen LogP contribution in [0.4, 0.5) is 0 Å². The van der Waals surface area contributed by atoms with Crippen LogP contribution in [0.5, 0.6) is 0 Å². The third-order valence-electron chi connectivity index (χ3n) is 4.08. The Balaban J connectivity index is 1.71. The Hall–Kier alpha value is -0.820. The van der Waals surface area contributed by atoms with Gasteiger partial charge in [-0.1, -0.05) is 44.2 Å². The van der Waals surface area contributed by atoms with Crippen molar-refractivity contribution in [2.45, 2.75) is 33.2 Å². The van der Waals surface area contributed by atoms with Gasteiger partial charge in [-0.15, -0.1) is 0 Å². The van der Waals surface area contributed by atoms with Gasteiger partial charge in [0, 0.05) is 13.1 Å². The molecule has 1 aliphatic rings. The number of benzene rings is 1. The van der Waals surface area contributed by atoms with Crippen LogP contribution in [0.15, 0.2) is 30.3 Å². The van der Waals surface area contributed by atoms with Crippen LogP contribution in [0.2, 0.25) is 0 Å². The largest absolute Gasteiger partial charge is 0.302 e. The second kappa shape index (κ2) is 5.68. The highest BCUT2D eigenvalue weighted by atomic mass is 15.1. The molecule has 0 N–H and O–H groups in total. The lowest BCUT2D eigenvalue weighted by Gasteiger charge is -2.40. The summed E-state index contributed by atoms with van der Waals surface area (Å²) in [7, 11) is 2.25. The predicted molar refractivity (Wildman–Crippen MR) is 73.8 cm³/mol. The predicted octanol–water partition coefficient (Wildman–Crippen LogP) is 3.80. The first-order chi connectivity index (χ1) is 8.15. The molecule has 0 unspecified atom stereocenters. The Kier molecular flexibility index (Phi) is 4.22. The van der Waals surface area contributed by atoms with Crippen LogP contribution in [-0.2, 0) is 6.54 Å². The van der Waals surface area contributed by atoms with Gasteiger partial charge >= 0.3 is 0 Å². The monoisotopic (exact) mass is 231 g/mol. The molecule has 1 heteroatoms. The second-order valence-corrected chi connectivity index (χ2v) is 6.02. The third-order valence-corrected chi connectivity index (χ3v) is 4.08. The first-order valence-electron chi connectivity index (χ1n) is 6.87. The average molecular weight is 231 g/mol. The smallest absolute Gasteiger partial charge is 0.0230 e. The van der Waals surface area contributed by atoms with Crippen molar-refractivity contribution in [2.75, 3.05) is 13.6 Å². The number of nitrogens with zero attached hydrogens (tertiary/aromatic N) is 1. The molecule has 94 valence electrons. The molecule has 0 atom stereocenters. The summed E-state index contributed by atoms with van der Waals surface area (Å²) in [5, 5.41) is 0. The van der Waals surface area contributed by atoms with Crippen molar-refractivity contribution in [1.29, 1.82) is 0 Å². The minimum Gasteiger partial charge on any atom is -0.302 e. The maximum Gasteiger partial charge on any atom is 0.0230 e. The van der Waals surface area contributed by atoms with Crippen LogP contribution in [0.3, 0.4) is 0 Å². The molecule has 0 amide bonds. The molecule has 2 rings (SSSR count). The summed E-state index contributed by atoms with van der Waals surface area (Å²) in [5.74, 6) is 2.81. The van der Waals surface area contributed by atoms with Crippen molar-refractivity contribution in [1.82, 2.24) is 4.90 Å². The van der Waals surface area contributed by atoms with Crippen molar-refractivity contribution < 1.29 is 0 Å². The molecule has 0 radical (unpaired) electrons. The van der Waals surface area contributed by atoms with Crippen LogP contribution in [0, 0.1) is 17.8 Å². The highest BCUT2D eigenvalue weighted by molar-refractivity contribution is 5.14. The summed E-state index contributed by atoms with van der Waals surface area (Å²) >= 11 is 0. The van der Waals surface area contributed by atoms with Crippen LogP contribution in [0.1, 0.15) is 32.3 Å². The van der Waals surface area contributed by atoms with E-state index in [9.17, 15) is 0 Å². The van der Waals surface area contributed by atoms with Crippen LogP contribution in [-0.4, -0.2) is 18.5 Å². The zero-order valence-electron chi connectivity index (χ0n) is 11.4. The lowest BCUT2D eigenvalue weighted by molar-refractivity contribution is 0.103. The lowest BCUT2D eigenvalue weighted by Crippen LogP contribution is -2.36. The van der Waals surface area contributed by atoms with Gasteiger partial charge in [-0.2, -0.15) is 0 Å². The molecular weight excluding hydrogens is 206 g/mol. The molecule has 0 aromatic heterocycles. The molecular formula is C16H25N. The summed E-state index contributed by atoms with van der Waals surface area (Å²) < 4.78 is 0. The summed E-state index contributed by atoms with van der Waals surface area (Å²) in [5.41, 5.74) is 1.43. The molecule has 1 nitrogen and oxygen atoms in total. The van der Waals surface area contributed by atoms with Gasteiger partial charge in [0.15, 0.2) is 0 Å². The summed E-state index contributed by atoms with van der Waals surface area (Å²) in [6, 6.07) is 10.8. The Bertz CT molecular complexity index is 325. The molecule has 1 aliphatic carbocycles. The van der Waals surface area contributed by atoms with Crippen LogP contribution < -0.4 is 0 Å². The number of hydrogen-bond donors (Lipinski definition) is 0. The van der Waals surface area contributed by atoms with Gasteiger partial charge in [-0.3, -0.25) is 0 Å². The van der Waals surface area contributed by atoms with Crippen molar-refractivity contribution in [2.24, 2.45) is 17.8 Å². The van der Waals surface area contributed by atoms with Gasteiger partial charge in [-0.05, 0) is 43.2 Å². The molecule has 0 heterocycles. The van der Waals surface area contributed by atoms with E-state index in [4.69, 9.17) is 0 Å².